The third-order valence-corrected chi connectivity index (χ3v) is 12.6. The molecule has 68 heavy (non-hydrogen) atoms. The van der Waals surface area contributed by atoms with E-state index in [-0.39, 0.29) is 18.5 Å². The standard InChI is InChI=1S/C57H101NO10/c1-3-5-7-9-11-13-14-25-29-33-37-41-45-53(62)66-46-42-38-34-30-26-23-21-19-17-15-16-18-20-22-24-28-32-36-40-44-52(61)58-49(50(60)43-39-35-31-27-12-10-8-6-4-2)48-67-57-56(65)55(64)54(63)51(47-59)68-57/h11-13,19,21,23,26-27,39,43,49-51,54-57,59-60,63-65H,3-10,14-18,20,22,24-25,28-38,40-42,44-48H2,1-2H3,(H,58,61)/b13-11-,21-19-,26-23-,27-12+,43-39+. The smallest absolute Gasteiger partial charge is 0.305 e. The Kier molecular flexibility index (Phi) is 43.5. The van der Waals surface area contributed by atoms with Crippen LogP contribution in [0.2, 0.25) is 0 Å². The van der Waals surface area contributed by atoms with Gasteiger partial charge >= 0.3 is 5.97 Å². The largest absolute Gasteiger partial charge is 0.466 e. The molecule has 1 rings (SSSR count). The number of allylic oxidation sites excluding steroid dienone is 9. The average molecular weight is 960 g/mol. The van der Waals surface area contributed by atoms with E-state index in [0.717, 1.165) is 89.9 Å². The summed E-state index contributed by atoms with van der Waals surface area (Å²) in [6.45, 7) is 4.18. The van der Waals surface area contributed by atoms with E-state index in [1.54, 1.807) is 6.08 Å². The minimum absolute atomic E-state index is 0.0402. The number of aliphatic hydroxyl groups is 5. The van der Waals surface area contributed by atoms with Crippen LogP contribution in [-0.4, -0.2) is 100 Å². The Morgan fingerprint density at radius 1 is 0.544 bits per heavy atom. The van der Waals surface area contributed by atoms with Crippen molar-refractivity contribution >= 4 is 11.9 Å². The normalized spacial score (nSPS) is 19.9. The molecule has 11 nitrogen and oxygen atoms in total. The number of hydrogen-bond acceptors (Lipinski definition) is 10. The van der Waals surface area contributed by atoms with Gasteiger partial charge in [-0.2, -0.15) is 0 Å². The van der Waals surface area contributed by atoms with Crippen molar-refractivity contribution < 1.29 is 49.3 Å². The predicted molar refractivity (Wildman–Crippen MR) is 278 cm³/mol. The van der Waals surface area contributed by atoms with Gasteiger partial charge in [0.2, 0.25) is 5.91 Å². The van der Waals surface area contributed by atoms with Crippen molar-refractivity contribution in [2.24, 2.45) is 0 Å². The first-order valence-electron chi connectivity index (χ1n) is 27.6. The number of carbonyl (C=O) groups excluding carboxylic acids is 2. The van der Waals surface area contributed by atoms with Crippen LogP contribution in [-0.2, 0) is 23.8 Å². The van der Waals surface area contributed by atoms with E-state index in [2.05, 4.69) is 67.8 Å². The monoisotopic (exact) mass is 960 g/mol. The lowest BCUT2D eigenvalue weighted by molar-refractivity contribution is -0.302. The highest BCUT2D eigenvalue weighted by Gasteiger charge is 2.44. The maximum atomic E-state index is 13.0. The fraction of sp³-hybridized carbons (Fsp3) is 0.789. The van der Waals surface area contributed by atoms with Gasteiger partial charge in [-0.05, 0) is 103 Å². The number of carbonyl (C=O) groups is 2. The van der Waals surface area contributed by atoms with Gasteiger partial charge in [-0.25, -0.2) is 0 Å². The summed E-state index contributed by atoms with van der Waals surface area (Å²) in [7, 11) is 0. The van der Waals surface area contributed by atoms with Crippen LogP contribution < -0.4 is 5.32 Å². The molecule has 0 aliphatic carbocycles. The van der Waals surface area contributed by atoms with Gasteiger partial charge in [0.1, 0.15) is 24.4 Å². The van der Waals surface area contributed by atoms with Crippen molar-refractivity contribution in [3.05, 3.63) is 60.8 Å². The summed E-state index contributed by atoms with van der Waals surface area (Å²) in [5.41, 5.74) is 0. The van der Waals surface area contributed by atoms with Gasteiger partial charge in [0.25, 0.3) is 0 Å². The molecule has 7 atom stereocenters. The van der Waals surface area contributed by atoms with Crippen LogP contribution in [0.4, 0.5) is 0 Å². The van der Waals surface area contributed by atoms with Crippen LogP contribution in [0, 0.1) is 0 Å². The Morgan fingerprint density at radius 2 is 1.00 bits per heavy atom. The molecule has 1 aliphatic heterocycles. The summed E-state index contributed by atoms with van der Waals surface area (Å²) in [6.07, 6.45) is 48.9. The zero-order valence-corrected chi connectivity index (χ0v) is 43.0. The molecule has 6 N–H and O–H groups in total. The minimum Gasteiger partial charge on any atom is -0.466 e. The number of amides is 1. The van der Waals surface area contributed by atoms with Gasteiger partial charge in [-0.1, -0.05) is 171 Å². The van der Waals surface area contributed by atoms with E-state index in [0.29, 0.717) is 19.4 Å². The molecular formula is C57H101NO10. The molecule has 7 unspecified atom stereocenters. The van der Waals surface area contributed by atoms with Crippen molar-refractivity contribution in [3.8, 4) is 0 Å². The highest BCUT2D eigenvalue weighted by molar-refractivity contribution is 5.76. The first-order chi connectivity index (χ1) is 33.2. The summed E-state index contributed by atoms with van der Waals surface area (Å²) in [5, 5.41) is 54.1. The van der Waals surface area contributed by atoms with Gasteiger partial charge in [0.15, 0.2) is 6.29 Å². The molecule has 1 saturated heterocycles. The molecule has 11 heteroatoms. The number of unbranched alkanes of at least 4 members (excludes halogenated alkanes) is 25. The molecule has 394 valence electrons. The van der Waals surface area contributed by atoms with Crippen molar-refractivity contribution in [3.63, 3.8) is 0 Å². The molecule has 0 bridgehead atoms. The Balaban J connectivity index is 2.10. The van der Waals surface area contributed by atoms with E-state index < -0.39 is 49.5 Å². The van der Waals surface area contributed by atoms with E-state index in [1.165, 1.54) is 109 Å². The summed E-state index contributed by atoms with van der Waals surface area (Å²) in [4.78, 5) is 25.0. The average Bonchev–Trinajstić information content (AvgIpc) is 3.33. The zero-order chi connectivity index (χ0) is 49.6. The van der Waals surface area contributed by atoms with E-state index >= 15 is 0 Å². The lowest BCUT2D eigenvalue weighted by Crippen LogP contribution is -2.60. The molecule has 0 aromatic heterocycles. The first-order valence-corrected chi connectivity index (χ1v) is 27.6. The van der Waals surface area contributed by atoms with Gasteiger partial charge in [-0.15, -0.1) is 0 Å². The highest BCUT2D eigenvalue weighted by atomic mass is 16.7. The molecule has 1 amide bonds. The third kappa shape index (κ3) is 36.3. The van der Waals surface area contributed by atoms with E-state index in [9.17, 15) is 35.1 Å². The van der Waals surface area contributed by atoms with Gasteiger partial charge in [0, 0.05) is 12.8 Å². The zero-order valence-electron chi connectivity index (χ0n) is 43.0. The van der Waals surface area contributed by atoms with E-state index in [1.807, 2.05) is 6.08 Å². The van der Waals surface area contributed by atoms with Crippen LogP contribution in [0.15, 0.2) is 60.8 Å². The second kappa shape index (κ2) is 46.7. The molecular weight excluding hydrogens is 859 g/mol. The fourth-order valence-electron chi connectivity index (χ4n) is 8.14. The van der Waals surface area contributed by atoms with Gasteiger partial charge in [-0.3, -0.25) is 9.59 Å². The molecule has 0 aromatic rings. The summed E-state index contributed by atoms with van der Waals surface area (Å²) in [5.74, 6) is -0.247. The molecule has 0 spiro atoms. The van der Waals surface area contributed by atoms with Crippen molar-refractivity contribution in [2.45, 2.75) is 269 Å². The van der Waals surface area contributed by atoms with E-state index in [4.69, 9.17) is 14.2 Å². The summed E-state index contributed by atoms with van der Waals surface area (Å²) < 4.78 is 16.6. The van der Waals surface area contributed by atoms with Crippen LogP contribution in [0.5, 0.6) is 0 Å². The van der Waals surface area contributed by atoms with Crippen molar-refractivity contribution in [2.75, 3.05) is 19.8 Å². The third-order valence-electron chi connectivity index (χ3n) is 12.6. The molecule has 1 heterocycles. The number of aliphatic hydroxyl groups excluding tert-OH is 5. The Hall–Kier alpha value is -2.64. The van der Waals surface area contributed by atoms with Crippen LogP contribution >= 0.6 is 0 Å². The summed E-state index contributed by atoms with van der Waals surface area (Å²) in [6, 6.07) is -0.835. The van der Waals surface area contributed by atoms with Crippen LogP contribution in [0.1, 0.15) is 226 Å². The lowest BCUT2D eigenvalue weighted by atomic mass is 9.99. The number of ether oxygens (including phenoxy) is 3. The minimum atomic E-state index is -1.58. The molecule has 0 saturated carbocycles. The maximum absolute atomic E-state index is 13.0. The Morgan fingerprint density at radius 3 is 1.54 bits per heavy atom. The maximum Gasteiger partial charge on any atom is 0.305 e. The molecule has 0 radical (unpaired) electrons. The Labute approximate surface area is 414 Å². The van der Waals surface area contributed by atoms with Crippen LogP contribution in [0.25, 0.3) is 0 Å². The Bertz CT molecular complexity index is 1310. The number of nitrogens with one attached hydrogen (secondary N) is 1. The second-order valence-corrected chi connectivity index (χ2v) is 18.9. The van der Waals surface area contributed by atoms with Crippen molar-refractivity contribution in [1.29, 1.82) is 0 Å². The highest BCUT2D eigenvalue weighted by Crippen LogP contribution is 2.23. The first kappa shape index (κ1) is 63.4. The topological polar surface area (TPSA) is 175 Å². The SMILES string of the molecule is CCCCC/C=C\CCCCCCCC(=O)OCCCCC/C=C\C=C/CCCCCCCCCCCCC(=O)NC(COC1OC(CO)C(O)C(O)C1O)C(O)/C=C/CC/C=C/CCCCC. The predicted octanol–water partition coefficient (Wildman–Crippen LogP) is 11.9. The molecule has 1 aliphatic rings. The van der Waals surface area contributed by atoms with Gasteiger partial charge in [0.05, 0.1) is 32.0 Å². The summed E-state index contributed by atoms with van der Waals surface area (Å²) >= 11 is 0. The molecule has 0 aromatic carbocycles. The lowest BCUT2D eigenvalue weighted by Gasteiger charge is -2.40. The second-order valence-electron chi connectivity index (χ2n) is 18.9. The fourth-order valence-corrected chi connectivity index (χ4v) is 8.14. The number of esters is 1. The quantitative estimate of drug-likeness (QED) is 0.0149. The molecule has 1 fully saturated rings. The van der Waals surface area contributed by atoms with Crippen LogP contribution in [0.3, 0.4) is 0 Å². The van der Waals surface area contributed by atoms with Crippen molar-refractivity contribution in [1.82, 2.24) is 5.32 Å². The number of rotatable bonds is 46. The number of hydrogen-bond donors (Lipinski definition) is 6. The van der Waals surface area contributed by atoms with Gasteiger partial charge < -0.3 is 45.1 Å².